The first-order valence-corrected chi connectivity index (χ1v) is 56.5. The van der Waals surface area contributed by atoms with Crippen molar-refractivity contribution >= 4 is 158 Å². The highest BCUT2D eigenvalue weighted by Gasteiger charge is 2.51. The lowest BCUT2D eigenvalue weighted by atomic mass is 9.33. The molecule has 0 spiro atoms. The second-order valence-corrected chi connectivity index (χ2v) is 58.1. The van der Waals surface area contributed by atoms with Gasteiger partial charge in [-0.25, -0.2) is 9.97 Å². The number of hydrogen-bond acceptors (Lipinski definition) is 8. The highest BCUT2D eigenvalue weighted by atomic mass is 32.1. The predicted octanol–water partition coefficient (Wildman–Crippen LogP) is 35.6. The van der Waals surface area contributed by atoms with Gasteiger partial charge in [0.15, 0.2) is 0 Å². The zero-order chi connectivity index (χ0) is 105. The summed E-state index contributed by atoms with van der Waals surface area (Å²) in [5, 5.41) is 2.09. The lowest BCUT2D eigenvalue weighted by Crippen LogP contribution is -2.62. The molecule has 0 bridgehead atoms. The summed E-state index contributed by atoms with van der Waals surface area (Å²) in [5.74, 6) is 0. The van der Waals surface area contributed by atoms with Crippen LogP contribution in [0.4, 0.5) is 68.2 Å². The fourth-order valence-corrected chi connectivity index (χ4v) is 27.2. The van der Waals surface area contributed by atoms with Crippen molar-refractivity contribution in [2.24, 2.45) is 0 Å². The normalized spacial score (nSPS) is 17.0. The van der Waals surface area contributed by atoms with Crippen molar-refractivity contribution in [2.45, 2.75) is 337 Å². The van der Waals surface area contributed by atoms with Crippen LogP contribution in [0.1, 0.15) is 339 Å². The van der Waals surface area contributed by atoms with Crippen molar-refractivity contribution in [1.82, 2.24) is 9.97 Å². The number of anilines is 12. The minimum absolute atomic E-state index is 0.00965. The maximum Gasteiger partial charge on any atom is 0.252 e. The number of rotatable bonds is 8. The summed E-state index contributed by atoms with van der Waals surface area (Å²) in [6.07, 6.45) is 7.03. The van der Waals surface area contributed by atoms with Crippen molar-refractivity contribution in [3.05, 3.63) is 333 Å². The molecule has 754 valence electrons. The predicted molar refractivity (Wildman–Crippen MR) is 646 cm³/mol. The zero-order valence-electron chi connectivity index (χ0n) is 94.7. The summed E-state index contributed by atoms with van der Waals surface area (Å²) in [7, 11) is 0. The van der Waals surface area contributed by atoms with Gasteiger partial charge in [-0.05, 0) is 345 Å². The number of benzene rings is 14. The second-order valence-electron chi connectivity index (χ2n) is 56.0. The fourth-order valence-electron chi connectivity index (χ4n) is 25.2. The minimum atomic E-state index is -0.127. The van der Waals surface area contributed by atoms with E-state index in [9.17, 15) is 0 Å². The van der Waals surface area contributed by atoms with Crippen LogP contribution in [-0.4, -0.2) is 23.4 Å². The van der Waals surface area contributed by atoms with Gasteiger partial charge in [0.05, 0.1) is 20.4 Å². The van der Waals surface area contributed by atoms with Gasteiger partial charge in [-0.1, -0.05) is 380 Å². The van der Waals surface area contributed by atoms with Gasteiger partial charge in [0.2, 0.25) is 0 Å². The van der Waals surface area contributed by atoms with Crippen molar-refractivity contribution < 1.29 is 0 Å². The third kappa shape index (κ3) is 17.4. The summed E-state index contributed by atoms with van der Waals surface area (Å²) in [4.78, 5) is 21.6. The Morgan fingerprint density at radius 1 is 0.209 bits per heavy atom. The number of fused-ring (bicyclic) bond motifs is 13. The van der Waals surface area contributed by atoms with Crippen molar-refractivity contribution in [3.8, 4) is 43.4 Å². The average molecular weight is 1980 g/mol. The van der Waals surface area contributed by atoms with Crippen LogP contribution in [-0.2, 0) is 70.4 Å². The van der Waals surface area contributed by atoms with Crippen LogP contribution in [0.2, 0.25) is 0 Å². The molecule has 0 amide bonds. The van der Waals surface area contributed by atoms with Gasteiger partial charge in [-0.15, -0.1) is 22.7 Å². The summed E-state index contributed by atoms with van der Waals surface area (Å²) in [6, 6.07) is 103. The molecule has 0 saturated carbocycles. The van der Waals surface area contributed by atoms with Crippen molar-refractivity contribution in [1.29, 1.82) is 0 Å². The third-order valence-corrected chi connectivity index (χ3v) is 37.5. The Hall–Kier alpha value is -11.8. The molecule has 148 heavy (non-hydrogen) atoms. The molecular weight excluding hydrogens is 1830 g/mol. The van der Waals surface area contributed by atoms with E-state index >= 15 is 0 Å². The second kappa shape index (κ2) is 34.4. The highest BCUT2D eigenvalue weighted by Crippen LogP contribution is 2.58. The van der Waals surface area contributed by atoms with Crippen LogP contribution in [0, 0.1) is 0 Å². The molecule has 4 aliphatic heterocycles. The lowest BCUT2D eigenvalue weighted by Gasteiger charge is -2.48. The van der Waals surface area contributed by atoms with Gasteiger partial charge in [0.1, 0.15) is 10.0 Å². The number of aromatic nitrogens is 2. The van der Waals surface area contributed by atoms with E-state index in [0.717, 1.165) is 51.4 Å². The standard InChI is InChI=1S/C71H80BN3S.C67H74BN3S/c1-65(2,3)46-24-22-44(23-25-46)43-18-20-45(21-19-43)64-73-57-42-59-56(41-62(57)76-64)72-55-39-53-54(71(16,17)35-34-70(53,14)15)40-58(55)75(50-30-31-51-52(38-50)69(12,13)33-32-68(51,10)11)61-37-48(67(7,8)9)36-60(63(61)72)74(59)49-28-26-47(27-29-49)66(4,5)6;1-62(2,3)44-23-21-42(22-24-44)41-17-19-43(20-18-41)61-69-54-40-56-53(39-59(54)72-61)68-52-35-46(64(7,8)9)27-32-55(52)70(48-28-25-45(26-29-48)63(4,5)6)57-36-47(65(10,11)12)37-58(60(57)68)71(56)49-30-31-50-51(38-49)67(15,16)34-33-66(50,13)14/h18-31,36-42H,32-35H2,1-17H3;17-32,35-40H,33-34H2,1-16H3. The van der Waals surface area contributed by atoms with Gasteiger partial charge >= 0.3 is 0 Å². The molecule has 3 aliphatic carbocycles. The van der Waals surface area contributed by atoms with E-state index in [2.05, 4.69) is 509 Å². The lowest BCUT2D eigenvalue weighted by molar-refractivity contribution is 0.332. The SMILES string of the molecule is CC(C)(C)c1ccc(-c2ccc(-c3nc4cc5c(cc4s3)B3c4cc(C(C)(C)C)ccc4N(c4ccc(C(C)(C)C)cc4)c4cc(C(C)(C)C)cc(c43)N5c3ccc4c(c3)C(C)(C)CCC4(C)C)cc2)cc1.CC(C)(C)c1ccc(-c2ccc(-c3nc4cc5c(cc4s3)B3c4cc6c(cc4N(c4ccc7c(c4)C(C)(C)CCC7(C)C)c4cc(C(C)(C)C)cc(c43)N5c3ccc(C(C)(C)C)cc3)C(C)(C)CCC6(C)C)cc2)cc1. The Kier molecular flexibility index (Phi) is 23.4. The van der Waals surface area contributed by atoms with E-state index in [1.54, 1.807) is 0 Å². The Balaban J connectivity index is 0.000000168. The molecule has 7 aliphatic rings. The molecule has 14 aromatic carbocycles. The summed E-state index contributed by atoms with van der Waals surface area (Å²) in [5.41, 5.74) is 51.1. The van der Waals surface area contributed by atoms with Crippen LogP contribution in [0.15, 0.2) is 261 Å². The molecule has 0 N–H and O–H groups in total. The topological polar surface area (TPSA) is 38.7 Å². The van der Waals surface area contributed by atoms with E-state index in [4.69, 9.17) is 9.97 Å². The number of hydrogen-bond donors (Lipinski definition) is 0. The highest BCUT2D eigenvalue weighted by molar-refractivity contribution is 7.22. The first-order chi connectivity index (χ1) is 69.2. The van der Waals surface area contributed by atoms with Crippen LogP contribution >= 0.6 is 22.7 Å². The minimum Gasteiger partial charge on any atom is -0.311 e. The molecular formula is C138H154B2N6S2. The summed E-state index contributed by atoms with van der Waals surface area (Å²) >= 11 is 3.64. The molecule has 10 heteroatoms. The average Bonchev–Trinajstić information content (AvgIpc) is 0.875. The molecule has 6 heterocycles. The van der Waals surface area contributed by atoms with Gasteiger partial charge in [0, 0.05) is 79.4 Å². The Morgan fingerprint density at radius 3 is 0.777 bits per heavy atom. The van der Waals surface area contributed by atoms with Gasteiger partial charge in [0.25, 0.3) is 13.4 Å². The molecule has 0 unspecified atom stereocenters. The molecule has 0 fully saturated rings. The van der Waals surface area contributed by atoms with Crippen LogP contribution < -0.4 is 52.4 Å². The monoisotopic (exact) mass is 1980 g/mol. The fraction of sp³-hybridized carbons (Fsp3) is 0.377. The summed E-state index contributed by atoms with van der Waals surface area (Å²) in [6.45, 7) is 78.4. The molecule has 2 aromatic heterocycles. The maximum absolute atomic E-state index is 5.53. The van der Waals surface area contributed by atoms with Gasteiger partial charge in [-0.2, -0.15) is 0 Å². The number of nitrogens with zero attached hydrogens (tertiary/aromatic N) is 6. The molecule has 6 nitrogen and oxygen atoms in total. The molecule has 16 aromatic rings. The first-order valence-electron chi connectivity index (χ1n) is 54.9. The number of thiazole rings is 2. The zero-order valence-corrected chi connectivity index (χ0v) is 96.4. The Labute approximate surface area is 894 Å². The van der Waals surface area contributed by atoms with Crippen LogP contribution in [0.3, 0.4) is 0 Å². The van der Waals surface area contributed by atoms with E-state index in [1.807, 2.05) is 22.7 Å². The Bertz CT molecular complexity index is 8020. The molecule has 0 atom stereocenters. The molecule has 0 saturated heterocycles. The van der Waals surface area contributed by atoms with E-state index in [1.165, 1.54) is 224 Å². The van der Waals surface area contributed by atoms with E-state index in [0.29, 0.717) is 0 Å². The molecule has 0 radical (unpaired) electrons. The first kappa shape index (κ1) is 101. The van der Waals surface area contributed by atoms with Crippen molar-refractivity contribution in [3.63, 3.8) is 0 Å². The van der Waals surface area contributed by atoms with E-state index in [-0.39, 0.29) is 83.8 Å². The van der Waals surface area contributed by atoms with Gasteiger partial charge in [-0.3, -0.25) is 0 Å². The largest absolute Gasteiger partial charge is 0.311 e. The van der Waals surface area contributed by atoms with Crippen LogP contribution in [0.5, 0.6) is 0 Å². The van der Waals surface area contributed by atoms with E-state index < -0.39 is 0 Å². The maximum atomic E-state index is 5.53. The Morgan fingerprint density at radius 2 is 0.453 bits per heavy atom. The summed E-state index contributed by atoms with van der Waals surface area (Å²) < 4.78 is 2.43. The smallest absolute Gasteiger partial charge is 0.252 e. The quantitative estimate of drug-likeness (QED) is 0.141. The molecule has 23 rings (SSSR count). The van der Waals surface area contributed by atoms with Crippen LogP contribution in [0.25, 0.3) is 63.8 Å². The van der Waals surface area contributed by atoms with Crippen molar-refractivity contribution in [2.75, 3.05) is 19.6 Å². The van der Waals surface area contributed by atoms with Gasteiger partial charge < -0.3 is 19.6 Å². The third-order valence-electron chi connectivity index (χ3n) is 35.3.